The van der Waals surface area contributed by atoms with Crippen LogP contribution in [-0.4, -0.2) is 190 Å². The van der Waals surface area contributed by atoms with Crippen molar-refractivity contribution in [2.75, 3.05) is 94.2 Å². The summed E-state index contributed by atoms with van der Waals surface area (Å²) in [7, 11) is -3.83. The van der Waals surface area contributed by atoms with Gasteiger partial charge in [0.2, 0.25) is 44.0 Å². The van der Waals surface area contributed by atoms with Gasteiger partial charge >= 0.3 is 15.6 Å². The third kappa shape index (κ3) is 65.3. The Bertz CT molecular complexity index is 5630. The van der Waals surface area contributed by atoms with Gasteiger partial charge < -0.3 is 132 Å². The van der Waals surface area contributed by atoms with Crippen LogP contribution in [0.3, 0.4) is 0 Å². The van der Waals surface area contributed by atoms with Gasteiger partial charge in [-0.3, -0.25) is 7.85 Å². The Morgan fingerprint density at radius 2 is 0.799 bits per heavy atom. The Hall–Kier alpha value is 0.174. The van der Waals surface area contributed by atoms with Gasteiger partial charge in [-0.1, -0.05) is 335 Å². The molecule has 0 aromatic carbocycles. The molecule has 0 spiro atoms. The van der Waals surface area contributed by atoms with E-state index in [2.05, 4.69) is 497 Å². The summed E-state index contributed by atoms with van der Waals surface area (Å²) in [6, 6.07) is 10.7. The average Bonchev–Trinajstić information content (AvgIpc) is 1.16. The molecule has 12 rings (SSSR count). The Morgan fingerprint density at radius 1 is 0.503 bits per heavy atom. The quantitative estimate of drug-likeness (QED) is 0.00795. The monoisotopic (exact) mass is 3350 g/mol. The Morgan fingerprint density at radius 3 is 1.13 bits per heavy atom. The van der Waals surface area contributed by atoms with Crippen molar-refractivity contribution in [3.05, 3.63) is 102 Å². The van der Waals surface area contributed by atoms with E-state index in [0.717, 1.165) is 125 Å². The maximum Gasteiger partial charge on any atom is 0.522 e. The molecule has 0 amide bonds. The van der Waals surface area contributed by atoms with Crippen molar-refractivity contribution in [2.45, 2.75) is 307 Å². The molecule has 13 N–H and O–H groups in total. The fraction of sp³-hybridized carbons (Fsp3) is 0.615. The third-order valence-corrected chi connectivity index (χ3v) is 43.1. The molecule has 12 heterocycles. The van der Waals surface area contributed by atoms with Gasteiger partial charge in [0.05, 0.1) is 29.8 Å². The maximum absolute atomic E-state index is 12.1. The Labute approximate surface area is 1070 Å². The zero-order valence-corrected chi connectivity index (χ0v) is 125. The van der Waals surface area contributed by atoms with Gasteiger partial charge in [0, 0.05) is 163 Å². The summed E-state index contributed by atoms with van der Waals surface area (Å²) in [5.41, 5.74) is 10.5. The number of alkyl halides is 10. The summed E-state index contributed by atoms with van der Waals surface area (Å²) >= 11 is 45.2. The zero-order valence-electron chi connectivity index (χ0n) is 94.2. The van der Waals surface area contributed by atoms with Gasteiger partial charge in [0.15, 0.2) is 16.5 Å². The number of hydrogen-bond acceptors (Lipinski definition) is 25. The predicted molar refractivity (Wildman–Crippen MR) is 714 cm³/mol. The number of nitrogens with two attached hydrogens (primary N) is 2. The van der Waals surface area contributed by atoms with E-state index in [1.54, 1.807) is 33.0 Å². The summed E-state index contributed by atoms with van der Waals surface area (Å²) in [5.74, 6) is 6.38. The summed E-state index contributed by atoms with van der Waals surface area (Å²) < 4.78 is 74.2. The Kier molecular flexibility index (Phi) is 83.4. The first-order valence-electron chi connectivity index (χ1n) is 47.5. The number of H-pyrrole nitrogens is 2. The predicted octanol–water partition coefficient (Wildman–Crippen LogP) is 33.3. The standard InChI is InChI=1S/C13H21ClN4Si.C13H23N5.C13H21N5.C12H19ClN4Si.C10H13ClN4.C7H15F3O3SSi.C6H5ClN4.C3H5I3.C3H6I2.2C3H6I.C3H7I.C3H9N.C3H7.CH3I.3V/c1-13(2,3)19(5,6)17-12-15-10(14)9-7-8-18(4)11(9)16-12;2*1-5-7-14-13-16-11(15-9(2)3)10-6-8-18(4)12(10)17-13;1-12(2,3)18(4,5)17-11-15-9(13)8-6-7-14-10(8)16-11;1-3-5-12-10-13-8(11)7-4-6-15(2)9(7)14-10;1-6(2,3)15(4,5)13-14(11,12)7(8,9)10;7-4-3-1-2-9-5(3)11-6(8)10-4;1-3(5,6)2-4;1-3(2,4)5;2*1-3(2)4;1-2-3-4;1-3(2)4;1-3-2;1-2;;;/h7-8H,1-6H3,(H,15,16,17);9H,5-8H2,1-4H3,(H2,14,15,16,17);6,8-9H,5,7H2,1-4H3,(H2,14,15,16,17);6-7H,1-5H3,(H2,14,15,16,17);4,6H,3,5H2,1-2H3,(H,12,13,14);1-5H3;1-2H,(H3,8,9,10,11);2H2,1H3;1-2H3;2*1-2H3;2-3H2,1H3;3H,4H2,1-2H3;3H,1-2H3;1H3;;;/q;;;;;;;;;2*-1;;;-1;;;;. The van der Waals surface area contributed by atoms with Crippen molar-refractivity contribution in [1.82, 2.24) is 83.5 Å². The second-order valence-electron chi connectivity index (χ2n) is 39.5. The van der Waals surface area contributed by atoms with Crippen LogP contribution in [0.4, 0.5) is 66.3 Å². The van der Waals surface area contributed by atoms with Crippen molar-refractivity contribution in [3.63, 3.8) is 0 Å². The van der Waals surface area contributed by atoms with Crippen molar-refractivity contribution in [3.8, 4) is 0 Å². The molecule has 0 saturated heterocycles. The van der Waals surface area contributed by atoms with Crippen LogP contribution < -0.4 is 52.9 Å². The van der Waals surface area contributed by atoms with Crippen LogP contribution >= 0.6 is 250 Å². The molecule has 1 aliphatic rings. The molecular formula is C96H166Cl4F3I9N27O3SSi3V3-3. The van der Waals surface area contributed by atoms with E-state index < -0.39 is 45.5 Å². The summed E-state index contributed by atoms with van der Waals surface area (Å²) in [6.45, 7) is 73.8. The third-order valence-electron chi connectivity index (χ3n) is 19.8. The summed E-state index contributed by atoms with van der Waals surface area (Å²) in [5, 5.41) is 22.6. The minimum Gasteiger partial charge on any atom is -0.380 e. The molecule has 53 heteroatoms. The number of likely N-dealkylation sites (N-methyl/N-ethyl adjacent to an activating group) is 1. The van der Waals surface area contributed by atoms with Gasteiger partial charge in [0.1, 0.15) is 66.3 Å². The first-order valence-corrected chi connectivity index (χ1v) is 71.0. The number of nitrogens with one attached hydrogen (secondary N) is 9. The maximum atomic E-state index is 12.1. The number of aromatic amines is 2. The van der Waals surface area contributed by atoms with Crippen molar-refractivity contribution in [2.24, 2.45) is 26.9 Å². The van der Waals surface area contributed by atoms with Crippen LogP contribution in [0.15, 0.2) is 61.3 Å². The second kappa shape index (κ2) is 77.7. The number of rotatable bonds is 21. The minimum absolute atomic E-state index is 0. The molecule has 0 fully saturated rings. The van der Waals surface area contributed by atoms with Crippen LogP contribution in [0.2, 0.25) is 75.0 Å². The van der Waals surface area contributed by atoms with Gasteiger partial charge in [-0.25, -0.2) is 19.9 Å². The van der Waals surface area contributed by atoms with Crippen LogP contribution in [0.5, 0.6) is 0 Å². The number of anilines is 9. The molecule has 1 aliphatic heterocycles. The molecule has 149 heavy (non-hydrogen) atoms. The fourth-order valence-electron chi connectivity index (χ4n) is 9.78. The molecule has 0 bridgehead atoms. The number of fused-ring (bicyclic) bond motifs is 6. The van der Waals surface area contributed by atoms with E-state index in [1.807, 2.05) is 123 Å². The topological polar surface area (TPSA) is 384 Å². The average molecular weight is 3360 g/mol. The van der Waals surface area contributed by atoms with Crippen LogP contribution in [-0.2, 0) is 97.2 Å². The number of aryl methyl sites for hydroxylation is 3. The van der Waals surface area contributed by atoms with E-state index in [0.29, 0.717) is 71.0 Å². The number of nitrogens with zero attached hydrogens (tertiary/aromatic N) is 16. The Balaban J connectivity index is -0.000000381. The number of halogens is 16. The molecule has 11 aromatic heterocycles. The van der Waals surface area contributed by atoms with Gasteiger partial charge in [-0.15, -0.1) is 0 Å². The van der Waals surface area contributed by atoms with E-state index in [-0.39, 0.29) is 71.7 Å². The molecule has 851 valence electrons. The summed E-state index contributed by atoms with van der Waals surface area (Å²) in [4.78, 5) is 69.5. The second-order valence-corrected chi connectivity index (χ2v) is 78.0. The number of aromatic nitrogens is 17. The first-order chi connectivity index (χ1) is 66.8. The normalized spacial score (nSPS) is 11.7. The van der Waals surface area contributed by atoms with E-state index in [4.69, 9.17) is 57.9 Å². The smallest absolute Gasteiger partial charge is 0.380 e. The first kappa shape index (κ1) is 160. The molecule has 30 nitrogen and oxygen atoms in total. The molecule has 3 radical (unpaired) electrons. The minimum atomic E-state index is -5.48. The molecule has 0 saturated carbocycles. The van der Waals surface area contributed by atoms with E-state index >= 15 is 0 Å². The zero-order chi connectivity index (χ0) is 114. The fourth-order valence-corrected chi connectivity index (χ4v) is 16.4. The molecule has 11 aromatic rings. The van der Waals surface area contributed by atoms with Crippen molar-refractivity contribution in [1.29, 1.82) is 0 Å². The number of nitrogen functional groups attached to an aromatic ring is 1. The molecule has 0 atom stereocenters. The van der Waals surface area contributed by atoms with Gasteiger partial charge in [-0.2, -0.15) is 103 Å². The molecule has 0 aliphatic carbocycles. The van der Waals surface area contributed by atoms with Crippen molar-refractivity contribution >= 4 is 393 Å². The number of hydrogen-bond donors (Lipinski definition) is 11. The van der Waals surface area contributed by atoms with Gasteiger partial charge in [-0.05, 0) is 155 Å². The largest absolute Gasteiger partial charge is 0.522 e. The van der Waals surface area contributed by atoms with Crippen LogP contribution in [0.1, 0.15) is 225 Å². The molecular weight excluding hydrogens is 3190 g/mol. The van der Waals surface area contributed by atoms with Gasteiger partial charge in [0.25, 0.3) is 0 Å². The van der Waals surface area contributed by atoms with E-state index in [9.17, 15) is 21.6 Å². The van der Waals surface area contributed by atoms with Crippen molar-refractivity contribution < 1.29 is 81.1 Å². The van der Waals surface area contributed by atoms with Crippen LogP contribution in [0.25, 0.3) is 55.2 Å². The SMILES string of the molecule is CC(C)(C)[Si](C)(C)Nc1nc(Cl)c2cc[nH]c2n1.CC(C)(C)[Si](C)(C)OS(=O)(=O)C(F)(F)F.CC(C)(I)I.CC(C)N.CC(I)(I)CI.CCCI.CCCNc1nc(Cl)c2ccn(C)c2n1.CCCNc1nc(NC(C)C)c2c(n1)N(C)CC2.CCCNc1nc(NC(C)C)c2ccn(C)c2n1.CI.C[C-](C)I.C[C-](C)I.C[CH-]C.Cn1ccc2c(Cl)nc(N[Si](C)(C)C(C)(C)C)nc21.Nc1nc(Cl)c2cc[nH]c2n1.[V].[V].[V]. The van der Waals surface area contributed by atoms with E-state index in [1.165, 1.54) is 41.8 Å². The molecule has 0 unspecified atom stereocenters. The van der Waals surface area contributed by atoms with Crippen LogP contribution in [0, 0.1) is 14.3 Å². The summed E-state index contributed by atoms with van der Waals surface area (Å²) in [6.07, 6.45) is 16.9.